The molecule has 10 heteroatoms. The van der Waals surface area contributed by atoms with Gasteiger partial charge in [-0.15, -0.1) is 10.2 Å². The molecule has 1 amide bonds. The number of benzene rings is 1. The summed E-state index contributed by atoms with van der Waals surface area (Å²) in [6.45, 7) is 5.78. The normalized spacial score (nSPS) is 12.8. The van der Waals surface area contributed by atoms with Crippen molar-refractivity contribution in [1.82, 2.24) is 14.9 Å². The minimum absolute atomic E-state index is 0.0639. The highest BCUT2D eigenvalue weighted by molar-refractivity contribution is 7.89. The summed E-state index contributed by atoms with van der Waals surface area (Å²) in [4.78, 5) is 12.7. The number of nitrogens with zero attached hydrogens (tertiary/aromatic N) is 2. The van der Waals surface area contributed by atoms with Crippen molar-refractivity contribution in [3.05, 3.63) is 29.3 Å². The van der Waals surface area contributed by atoms with E-state index >= 15 is 0 Å². The summed E-state index contributed by atoms with van der Waals surface area (Å²) in [5.74, 6) is 0.202. The summed E-state index contributed by atoms with van der Waals surface area (Å²) in [6, 6.07) is 5.05. The fraction of sp³-hybridized carbons (Fsp3) is 0.471. The second kappa shape index (κ2) is 9.25. The Hall–Kier alpha value is -2.04. The quantitative estimate of drug-likeness (QED) is 0.654. The number of aryl methyl sites for hydroxylation is 1. The maximum atomic E-state index is 12.7. The highest BCUT2D eigenvalue weighted by Crippen LogP contribution is 2.19. The third-order valence-electron chi connectivity index (χ3n) is 3.69. The fourth-order valence-corrected chi connectivity index (χ4v) is 4.22. The number of carbonyl (C=O) groups is 1. The Morgan fingerprint density at radius 1 is 1.22 bits per heavy atom. The number of carbonyl (C=O) groups excluding carboxylic acids is 1. The molecule has 1 atom stereocenters. The van der Waals surface area contributed by atoms with Gasteiger partial charge in [0.15, 0.2) is 0 Å². The van der Waals surface area contributed by atoms with Crippen LogP contribution < -0.4 is 14.8 Å². The topological polar surface area (TPSA) is 110 Å². The van der Waals surface area contributed by atoms with Gasteiger partial charge in [0, 0.05) is 0 Å². The van der Waals surface area contributed by atoms with Crippen LogP contribution in [0.1, 0.15) is 32.2 Å². The van der Waals surface area contributed by atoms with Gasteiger partial charge in [-0.3, -0.25) is 10.1 Å². The molecule has 0 aliphatic heterocycles. The van der Waals surface area contributed by atoms with E-state index in [9.17, 15) is 13.2 Å². The monoisotopic (exact) mass is 412 g/mol. The molecule has 0 aliphatic carbocycles. The number of amides is 1. The molecule has 2 N–H and O–H groups in total. The Morgan fingerprint density at radius 3 is 2.41 bits per heavy atom. The summed E-state index contributed by atoms with van der Waals surface area (Å²) in [5.41, 5.74) is 0. The molecule has 2 aromatic rings. The Balaban J connectivity index is 2.17. The van der Waals surface area contributed by atoms with E-state index in [0.29, 0.717) is 23.7 Å². The van der Waals surface area contributed by atoms with Crippen molar-refractivity contribution in [3.63, 3.8) is 0 Å². The number of anilines is 1. The van der Waals surface area contributed by atoms with Gasteiger partial charge in [0.1, 0.15) is 16.8 Å². The zero-order valence-corrected chi connectivity index (χ0v) is 17.4. The van der Waals surface area contributed by atoms with Crippen LogP contribution in [0.2, 0.25) is 0 Å². The second-order valence-electron chi connectivity index (χ2n) is 6.32. The number of methoxy groups -OCH3 is 1. The second-order valence-corrected chi connectivity index (χ2v) is 9.10. The zero-order chi connectivity index (χ0) is 20.0. The number of nitrogens with one attached hydrogen (secondary N) is 2. The summed E-state index contributed by atoms with van der Waals surface area (Å²) in [7, 11) is -2.36. The lowest BCUT2D eigenvalue weighted by Crippen LogP contribution is -2.44. The Labute approximate surface area is 163 Å². The lowest BCUT2D eigenvalue weighted by molar-refractivity contribution is -0.118. The highest BCUT2D eigenvalue weighted by Gasteiger charge is 2.27. The average molecular weight is 413 g/mol. The number of sulfonamides is 1. The van der Waals surface area contributed by atoms with Crippen LogP contribution in [0.25, 0.3) is 0 Å². The molecule has 0 fully saturated rings. The standard InChI is InChI=1S/C17H24N4O4S2/c1-5-15-19-20-17(26-15)18-16(22)14(10-11(2)3)21-27(23,24)13-8-6-12(25-4)7-9-13/h6-9,11,14,21H,5,10H2,1-4H3,(H,18,20,22)/t14-/m0/s1. The van der Waals surface area contributed by atoms with Gasteiger partial charge in [-0.1, -0.05) is 32.1 Å². The van der Waals surface area contributed by atoms with Crippen molar-refractivity contribution in [3.8, 4) is 5.75 Å². The molecule has 0 radical (unpaired) electrons. The maximum Gasteiger partial charge on any atom is 0.244 e. The summed E-state index contributed by atoms with van der Waals surface area (Å²) >= 11 is 1.27. The van der Waals surface area contributed by atoms with Crippen molar-refractivity contribution in [1.29, 1.82) is 0 Å². The first-order valence-electron chi connectivity index (χ1n) is 8.54. The summed E-state index contributed by atoms with van der Waals surface area (Å²) in [5, 5.41) is 11.7. The average Bonchev–Trinajstić information content (AvgIpc) is 3.08. The lowest BCUT2D eigenvalue weighted by Gasteiger charge is -2.19. The van der Waals surface area contributed by atoms with Crippen LogP contribution in [0, 0.1) is 5.92 Å². The molecular formula is C17H24N4O4S2. The van der Waals surface area contributed by atoms with Crippen LogP contribution in [-0.2, 0) is 21.2 Å². The first-order chi connectivity index (χ1) is 12.7. The molecule has 0 saturated heterocycles. The van der Waals surface area contributed by atoms with Gasteiger partial charge in [-0.05, 0) is 43.0 Å². The molecule has 0 bridgehead atoms. The van der Waals surface area contributed by atoms with E-state index in [-0.39, 0.29) is 10.8 Å². The Bertz CT molecular complexity index is 863. The van der Waals surface area contributed by atoms with Gasteiger partial charge < -0.3 is 4.74 Å². The van der Waals surface area contributed by atoms with Crippen LogP contribution >= 0.6 is 11.3 Å². The number of hydrogen-bond acceptors (Lipinski definition) is 7. The van der Waals surface area contributed by atoms with Crippen molar-refractivity contribution >= 4 is 32.4 Å². The van der Waals surface area contributed by atoms with Gasteiger partial charge in [-0.2, -0.15) is 4.72 Å². The molecule has 0 aliphatic rings. The van der Waals surface area contributed by atoms with E-state index in [0.717, 1.165) is 5.01 Å². The van der Waals surface area contributed by atoms with Gasteiger partial charge in [0.25, 0.3) is 0 Å². The fourth-order valence-electron chi connectivity index (χ4n) is 2.33. The molecule has 27 heavy (non-hydrogen) atoms. The van der Waals surface area contributed by atoms with Crippen molar-refractivity contribution in [2.24, 2.45) is 5.92 Å². The molecule has 8 nitrogen and oxygen atoms in total. The van der Waals surface area contributed by atoms with E-state index in [4.69, 9.17) is 4.74 Å². The number of ether oxygens (including phenoxy) is 1. The number of hydrogen-bond donors (Lipinski definition) is 2. The lowest BCUT2D eigenvalue weighted by atomic mass is 10.0. The van der Waals surface area contributed by atoms with Crippen molar-refractivity contribution in [2.45, 2.75) is 44.6 Å². The van der Waals surface area contributed by atoms with E-state index in [1.165, 1.54) is 30.6 Å². The first-order valence-corrected chi connectivity index (χ1v) is 10.8. The molecule has 2 rings (SSSR count). The van der Waals surface area contributed by atoms with E-state index in [1.807, 2.05) is 20.8 Å². The molecule has 1 heterocycles. The van der Waals surface area contributed by atoms with Gasteiger partial charge in [0.2, 0.25) is 21.1 Å². The van der Waals surface area contributed by atoms with E-state index in [1.54, 1.807) is 12.1 Å². The van der Waals surface area contributed by atoms with Crippen molar-refractivity contribution in [2.75, 3.05) is 12.4 Å². The van der Waals surface area contributed by atoms with Gasteiger partial charge in [-0.25, -0.2) is 8.42 Å². The maximum absolute atomic E-state index is 12.7. The smallest absolute Gasteiger partial charge is 0.244 e. The van der Waals surface area contributed by atoms with Crippen molar-refractivity contribution < 1.29 is 17.9 Å². The molecule has 148 valence electrons. The Morgan fingerprint density at radius 2 is 1.89 bits per heavy atom. The summed E-state index contributed by atoms with van der Waals surface area (Å²) < 4.78 is 32.9. The molecule has 0 unspecified atom stereocenters. The highest BCUT2D eigenvalue weighted by atomic mass is 32.2. The first kappa shape index (κ1) is 21.3. The molecule has 1 aromatic heterocycles. The molecule has 0 spiro atoms. The van der Waals surface area contributed by atoms with E-state index in [2.05, 4.69) is 20.2 Å². The van der Waals surface area contributed by atoms with Crippen LogP contribution in [-0.4, -0.2) is 37.7 Å². The van der Waals surface area contributed by atoms with Crippen LogP contribution in [0.5, 0.6) is 5.75 Å². The SMILES string of the molecule is CCc1nnc(NC(=O)[C@H](CC(C)C)NS(=O)(=O)c2ccc(OC)cc2)s1. The minimum atomic E-state index is -3.87. The predicted molar refractivity (Wildman–Crippen MR) is 104 cm³/mol. The van der Waals surface area contributed by atoms with Crippen LogP contribution in [0.15, 0.2) is 29.2 Å². The van der Waals surface area contributed by atoms with E-state index < -0.39 is 22.0 Å². The zero-order valence-electron chi connectivity index (χ0n) is 15.7. The van der Waals surface area contributed by atoms with Crippen LogP contribution in [0.3, 0.4) is 0 Å². The van der Waals surface area contributed by atoms with Crippen LogP contribution in [0.4, 0.5) is 5.13 Å². The number of aromatic nitrogens is 2. The summed E-state index contributed by atoms with van der Waals surface area (Å²) in [6.07, 6.45) is 1.06. The Kier molecular flexibility index (Phi) is 7.28. The predicted octanol–water partition coefficient (Wildman–Crippen LogP) is 2.44. The van der Waals surface area contributed by atoms with Gasteiger partial charge in [0.05, 0.1) is 12.0 Å². The molecular weight excluding hydrogens is 388 g/mol. The third kappa shape index (κ3) is 5.98. The molecule has 0 saturated carbocycles. The molecule has 1 aromatic carbocycles. The third-order valence-corrected chi connectivity index (χ3v) is 6.16. The minimum Gasteiger partial charge on any atom is -0.497 e. The largest absolute Gasteiger partial charge is 0.497 e. The van der Waals surface area contributed by atoms with Gasteiger partial charge >= 0.3 is 0 Å². The number of rotatable bonds is 9.